The smallest absolute Gasteiger partial charge is 0.388 e. The number of halogens is 4. The fraction of sp³-hybridized carbons (Fsp3) is 0.452. The van der Waals surface area contributed by atoms with E-state index >= 15 is 0 Å². The molecule has 6 rings (SSSR count). The summed E-state index contributed by atoms with van der Waals surface area (Å²) in [5, 5.41) is 23.3. The maximum Gasteiger partial charge on any atom is 0.416 e. The van der Waals surface area contributed by atoms with Crippen LogP contribution in [0.5, 0.6) is 0 Å². The number of aromatic nitrogens is 1. The van der Waals surface area contributed by atoms with E-state index in [1.807, 2.05) is 0 Å². The van der Waals surface area contributed by atoms with E-state index in [4.69, 9.17) is 4.98 Å². The van der Waals surface area contributed by atoms with Crippen LogP contribution in [0.15, 0.2) is 48.5 Å². The molecule has 3 aromatic rings. The number of alkyl halides is 3. The lowest BCUT2D eigenvalue weighted by molar-refractivity contribution is -0.137. The van der Waals surface area contributed by atoms with Crippen molar-refractivity contribution in [3.8, 4) is 11.1 Å². The van der Waals surface area contributed by atoms with Gasteiger partial charge in [0.05, 0.1) is 17.4 Å². The minimum absolute atomic E-state index is 0.0417. The molecule has 3 aliphatic carbocycles. The second-order valence-electron chi connectivity index (χ2n) is 11.4. The molecule has 3 nitrogen and oxygen atoms in total. The minimum Gasteiger partial charge on any atom is -0.388 e. The predicted octanol–water partition coefficient (Wildman–Crippen LogP) is 7.80. The summed E-state index contributed by atoms with van der Waals surface area (Å²) < 4.78 is 53.6. The Morgan fingerprint density at radius 3 is 2.16 bits per heavy atom. The Hall–Kier alpha value is -2.77. The van der Waals surface area contributed by atoms with Crippen LogP contribution in [0, 0.1) is 11.2 Å². The second kappa shape index (κ2) is 9.45. The highest BCUT2D eigenvalue weighted by Gasteiger charge is 2.46. The molecule has 2 saturated carbocycles. The van der Waals surface area contributed by atoms with Crippen LogP contribution in [-0.4, -0.2) is 15.2 Å². The number of rotatable bonds is 4. The highest BCUT2D eigenvalue weighted by Crippen LogP contribution is 2.56. The predicted molar refractivity (Wildman–Crippen MR) is 136 cm³/mol. The Kier molecular flexibility index (Phi) is 6.35. The maximum atomic E-state index is 14.0. The van der Waals surface area contributed by atoms with Crippen LogP contribution in [0.4, 0.5) is 17.6 Å². The molecule has 38 heavy (non-hydrogen) atoms. The van der Waals surface area contributed by atoms with Crippen LogP contribution in [0.3, 0.4) is 0 Å². The molecule has 2 N–H and O–H groups in total. The van der Waals surface area contributed by atoms with E-state index in [1.165, 1.54) is 24.3 Å². The number of aliphatic hydroxyl groups is 2. The zero-order valence-electron chi connectivity index (χ0n) is 21.1. The highest BCUT2D eigenvalue weighted by molar-refractivity contribution is 5.75. The number of benzene rings is 2. The van der Waals surface area contributed by atoms with Crippen LogP contribution in [0.2, 0.25) is 0 Å². The Balaban J connectivity index is 1.58. The van der Waals surface area contributed by atoms with Gasteiger partial charge in [-0.3, -0.25) is 4.98 Å². The molecule has 0 unspecified atom stereocenters. The standard InChI is InChI=1S/C31H31F4NO2/c32-22-12-8-18(9-13-22)25-26-23(16-30(14-3-15-30)17-24(26)37)36-28(19-4-1-2-5-19)27(25)29(38)20-6-10-21(11-7-20)31(33,34)35/h6-13,19,24,29,37-38H,1-5,14-17H2/t24-,29-/m0/s1. The van der Waals surface area contributed by atoms with E-state index in [-0.39, 0.29) is 11.3 Å². The van der Waals surface area contributed by atoms with E-state index < -0.39 is 29.8 Å². The first-order valence-corrected chi connectivity index (χ1v) is 13.5. The van der Waals surface area contributed by atoms with Crippen molar-refractivity contribution in [1.29, 1.82) is 0 Å². The van der Waals surface area contributed by atoms with E-state index in [2.05, 4.69) is 0 Å². The SMILES string of the molecule is O[C@@H](c1ccc(C(F)(F)F)cc1)c1c(C2CCCC2)nc2c(c1-c1ccc(F)cc1)[C@@H](O)CC1(CCC1)C2. The molecular weight excluding hydrogens is 494 g/mol. The topological polar surface area (TPSA) is 53.4 Å². The summed E-state index contributed by atoms with van der Waals surface area (Å²) in [6.07, 6.45) is 1.97. The third kappa shape index (κ3) is 4.43. The molecule has 7 heteroatoms. The van der Waals surface area contributed by atoms with Gasteiger partial charge in [0.1, 0.15) is 11.9 Å². The fourth-order valence-electron chi connectivity index (χ4n) is 6.91. The van der Waals surface area contributed by atoms with Crippen LogP contribution in [0.1, 0.15) is 103 Å². The van der Waals surface area contributed by atoms with Crippen LogP contribution in [-0.2, 0) is 12.6 Å². The van der Waals surface area contributed by atoms with Gasteiger partial charge in [-0.05, 0) is 84.9 Å². The largest absolute Gasteiger partial charge is 0.416 e. The first kappa shape index (κ1) is 25.5. The van der Waals surface area contributed by atoms with Gasteiger partial charge >= 0.3 is 6.18 Å². The van der Waals surface area contributed by atoms with Gasteiger partial charge in [0.15, 0.2) is 0 Å². The zero-order valence-corrected chi connectivity index (χ0v) is 21.1. The van der Waals surface area contributed by atoms with E-state index in [0.29, 0.717) is 34.2 Å². The van der Waals surface area contributed by atoms with Crippen molar-refractivity contribution < 1.29 is 27.8 Å². The Morgan fingerprint density at radius 2 is 1.58 bits per heavy atom. The second-order valence-corrected chi connectivity index (χ2v) is 11.4. The van der Waals surface area contributed by atoms with Gasteiger partial charge in [-0.25, -0.2) is 4.39 Å². The van der Waals surface area contributed by atoms with Crippen molar-refractivity contribution in [1.82, 2.24) is 4.98 Å². The average molecular weight is 526 g/mol. The van der Waals surface area contributed by atoms with Crippen molar-refractivity contribution in [2.75, 3.05) is 0 Å². The lowest BCUT2D eigenvalue weighted by atomic mass is 9.59. The Labute approximate surface area is 219 Å². The Morgan fingerprint density at radius 1 is 0.921 bits per heavy atom. The van der Waals surface area contributed by atoms with Crippen molar-refractivity contribution >= 4 is 0 Å². The van der Waals surface area contributed by atoms with Crippen molar-refractivity contribution in [2.24, 2.45) is 5.41 Å². The quantitative estimate of drug-likeness (QED) is 0.342. The van der Waals surface area contributed by atoms with E-state index in [0.717, 1.165) is 74.9 Å². The molecule has 0 amide bonds. The van der Waals surface area contributed by atoms with E-state index in [9.17, 15) is 27.8 Å². The van der Waals surface area contributed by atoms with Crippen LogP contribution >= 0.6 is 0 Å². The Bertz CT molecular complexity index is 1320. The summed E-state index contributed by atoms with van der Waals surface area (Å²) in [7, 11) is 0. The third-order valence-corrected chi connectivity index (χ3v) is 9.00. The molecule has 0 bridgehead atoms. The maximum absolute atomic E-state index is 14.0. The van der Waals surface area contributed by atoms with Crippen LogP contribution in [0.25, 0.3) is 11.1 Å². The summed E-state index contributed by atoms with van der Waals surface area (Å²) in [5.74, 6) is -0.290. The molecule has 0 radical (unpaired) electrons. The number of hydrogen-bond donors (Lipinski definition) is 2. The molecular formula is C31H31F4NO2. The summed E-state index contributed by atoms with van der Waals surface area (Å²) in [5.41, 5.74) is 3.67. The van der Waals surface area contributed by atoms with Gasteiger partial charge in [0.2, 0.25) is 0 Å². The lowest BCUT2D eigenvalue weighted by Crippen LogP contribution is -2.38. The number of pyridine rings is 1. The van der Waals surface area contributed by atoms with Gasteiger partial charge in [-0.2, -0.15) is 13.2 Å². The monoisotopic (exact) mass is 525 g/mol. The molecule has 200 valence electrons. The third-order valence-electron chi connectivity index (χ3n) is 9.00. The normalized spacial score (nSPS) is 21.8. The fourth-order valence-corrected chi connectivity index (χ4v) is 6.91. The van der Waals surface area contributed by atoms with Gasteiger partial charge in [0, 0.05) is 22.7 Å². The molecule has 2 fully saturated rings. The summed E-state index contributed by atoms with van der Waals surface area (Å²) >= 11 is 0. The highest BCUT2D eigenvalue weighted by atomic mass is 19.4. The van der Waals surface area contributed by atoms with Gasteiger partial charge in [-0.15, -0.1) is 0 Å². The van der Waals surface area contributed by atoms with Crippen molar-refractivity contribution in [2.45, 2.75) is 82.1 Å². The van der Waals surface area contributed by atoms with Gasteiger partial charge in [0.25, 0.3) is 0 Å². The molecule has 2 atom stereocenters. The van der Waals surface area contributed by atoms with Crippen molar-refractivity contribution in [3.63, 3.8) is 0 Å². The number of fused-ring (bicyclic) bond motifs is 1. The first-order chi connectivity index (χ1) is 18.2. The summed E-state index contributed by atoms with van der Waals surface area (Å²) in [4.78, 5) is 5.16. The first-order valence-electron chi connectivity index (χ1n) is 13.5. The van der Waals surface area contributed by atoms with Crippen molar-refractivity contribution in [3.05, 3.63) is 88.0 Å². The van der Waals surface area contributed by atoms with E-state index in [1.54, 1.807) is 12.1 Å². The molecule has 2 aromatic carbocycles. The molecule has 0 saturated heterocycles. The molecule has 1 heterocycles. The van der Waals surface area contributed by atoms with Gasteiger partial charge in [-0.1, -0.05) is 43.5 Å². The number of nitrogens with zero attached hydrogens (tertiary/aromatic N) is 1. The molecule has 1 spiro atoms. The average Bonchev–Trinajstić information content (AvgIpc) is 3.41. The number of aliphatic hydroxyl groups excluding tert-OH is 2. The van der Waals surface area contributed by atoms with Gasteiger partial charge < -0.3 is 10.2 Å². The summed E-state index contributed by atoms with van der Waals surface area (Å²) in [6.45, 7) is 0. The number of hydrogen-bond acceptors (Lipinski definition) is 3. The zero-order chi connectivity index (χ0) is 26.7. The molecule has 1 aromatic heterocycles. The minimum atomic E-state index is -4.48. The van der Waals surface area contributed by atoms with Crippen LogP contribution < -0.4 is 0 Å². The lowest BCUT2D eigenvalue weighted by Gasteiger charge is -2.47. The summed E-state index contributed by atoms with van der Waals surface area (Å²) in [6, 6.07) is 10.6. The molecule has 0 aliphatic heterocycles. The molecule has 3 aliphatic rings.